The van der Waals surface area contributed by atoms with Crippen molar-refractivity contribution < 1.29 is 5.11 Å². The van der Waals surface area contributed by atoms with Crippen LogP contribution in [0.25, 0.3) is 0 Å². The van der Waals surface area contributed by atoms with Crippen molar-refractivity contribution in [2.45, 2.75) is 18.9 Å². The highest BCUT2D eigenvalue weighted by Gasteiger charge is 2.18. The van der Waals surface area contributed by atoms with Crippen molar-refractivity contribution in [2.75, 3.05) is 0 Å². The van der Waals surface area contributed by atoms with Crippen LogP contribution in [-0.4, -0.2) is 5.11 Å². The number of aromatic hydroxyl groups is 1. The molecule has 1 aliphatic rings. The van der Waals surface area contributed by atoms with E-state index >= 15 is 0 Å². The van der Waals surface area contributed by atoms with Crippen LogP contribution < -0.4 is 5.73 Å². The van der Waals surface area contributed by atoms with E-state index in [2.05, 4.69) is 0 Å². The number of benzene rings is 1. The lowest BCUT2D eigenvalue weighted by Crippen LogP contribution is -2.04. The Morgan fingerprint density at radius 1 is 1.42 bits per heavy atom. The molecule has 3 N–H and O–H groups in total. The molecule has 1 aliphatic carbocycles. The van der Waals surface area contributed by atoms with Crippen LogP contribution in [0.3, 0.4) is 0 Å². The zero-order valence-corrected chi connectivity index (χ0v) is 7.47. The van der Waals surface area contributed by atoms with Gasteiger partial charge >= 0.3 is 0 Å². The summed E-state index contributed by atoms with van der Waals surface area (Å²) in [6, 6.07) is 5.58. The monoisotopic (exact) mass is 185 g/mol. The summed E-state index contributed by atoms with van der Waals surface area (Å²) in [6.07, 6.45) is 2.07. The zero-order chi connectivity index (χ0) is 7.84. The summed E-state index contributed by atoms with van der Waals surface area (Å²) in [5.41, 5.74) is 8.21. The van der Waals surface area contributed by atoms with Gasteiger partial charge in [-0.25, -0.2) is 0 Å². The van der Waals surface area contributed by atoms with Gasteiger partial charge in [0.1, 0.15) is 5.75 Å². The molecule has 3 heteroatoms. The van der Waals surface area contributed by atoms with E-state index in [1.807, 2.05) is 6.07 Å². The smallest absolute Gasteiger partial charge is 0.115 e. The van der Waals surface area contributed by atoms with E-state index in [1.54, 1.807) is 12.1 Å². The lowest BCUT2D eigenvalue weighted by Gasteiger charge is -2.03. The summed E-state index contributed by atoms with van der Waals surface area (Å²) < 4.78 is 0. The first-order valence-electron chi connectivity index (χ1n) is 3.85. The largest absolute Gasteiger partial charge is 0.508 e. The first-order chi connectivity index (χ1) is 5.27. The number of fused-ring (bicyclic) bond motifs is 1. The quantitative estimate of drug-likeness (QED) is 0.647. The summed E-state index contributed by atoms with van der Waals surface area (Å²) in [7, 11) is 0. The molecule has 1 atom stereocenters. The Hall–Kier alpha value is -0.730. The van der Waals surface area contributed by atoms with E-state index in [0.717, 1.165) is 18.4 Å². The molecule has 0 unspecified atom stereocenters. The van der Waals surface area contributed by atoms with Crippen molar-refractivity contribution in [1.29, 1.82) is 0 Å². The second-order valence-electron chi connectivity index (χ2n) is 3.03. The number of phenolic OH excluding ortho intramolecular Hbond substituents is 1. The molecular formula is C9H12ClNO. The maximum atomic E-state index is 9.16. The molecule has 2 rings (SSSR count). The number of hydrogen-bond donors (Lipinski definition) is 2. The van der Waals surface area contributed by atoms with Crippen LogP contribution in [0, 0.1) is 0 Å². The third kappa shape index (κ3) is 1.40. The Morgan fingerprint density at radius 3 is 2.92 bits per heavy atom. The van der Waals surface area contributed by atoms with E-state index in [4.69, 9.17) is 10.8 Å². The molecule has 12 heavy (non-hydrogen) atoms. The van der Waals surface area contributed by atoms with E-state index < -0.39 is 0 Å². The van der Waals surface area contributed by atoms with Crippen LogP contribution in [-0.2, 0) is 6.42 Å². The molecule has 1 aromatic rings. The third-order valence-electron chi connectivity index (χ3n) is 2.25. The standard InChI is InChI=1S/C9H11NO.ClH/c10-9-4-2-6-1-3-7(11)5-8(6)9;/h1,3,5,9,11H,2,4,10H2;1H/t9-;/m1./s1. The molecule has 0 spiro atoms. The van der Waals surface area contributed by atoms with Crippen LogP contribution in [0.1, 0.15) is 23.6 Å². The molecular weight excluding hydrogens is 174 g/mol. The van der Waals surface area contributed by atoms with Gasteiger partial charge in [0, 0.05) is 6.04 Å². The van der Waals surface area contributed by atoms with E-state index in [0.29, 0.717) is 5.75 Å². The van der Waals surface area contributed by atoms with Crippen LogP contribution in [0.15, 0.2) is 18.2 Å². The molecule has 0 saturated carbocycles. The topological polar surface area (TPSA) is 46.2 Å². The fourth-order valence-corrected chi connectivity index (χ4v) is 1.62. The van der Waals surface area contributed by atoms with Crippen molar-refractivity contribution in [3.8, 4) is 5.75 Å². The molecule has 2 nitrogen and oxygen atoms in total. The number of phenols is 1. The van der Waals surface area contributed by atoms with Gasteiger partial charge in [0.2, 0.25) is 0 Å². The van der Waals surface area contributed by atoms with Crippen molar-refractivity contribution in [3.63, 3.8) is 0 Å². The minimum atomic E-state index is 0. The third-order valence-corrected chi connectivity index (χ3v) is 2.25. The molecule has 0 saturated heterocycles. The number of nitrogens with two attached hydrogens (primary N) is 1. The van der Waals surface area contributed by atoms with Crippen molar-refractivity contribution >= 4 is 12.4 Å². The maximum absolute atomic E-state index is 9.16. The van der Waals surface area contributed by atoms with Crippen molar-refractivity contribution in [2.24, 2.45) is 5.73 Å². The molecule has 1 aromatic carbocycles. The van der Waals surface area contributed by atoms with Gasteiger partial charge in [-0.3, -0.25) is 0 Å². The molecule has 0 amide bonds. The van der Waals surface area contributed by atoms with Gasteiger partial charge in [0.25, 0.3) is 0 Å². The van der Waals surface area contributed by atoms with Gasteiger partial charge in [0.15, 0.2) is 0 Å². The predicted octanol–water partition coefficient (Wildman–Crippen LogP) is 1.76. The molecule has 0 heterocycles. The highest BCUT2D eigenvalue weighted by molar-refractivity contribution is 5.85. The summed E-state index contributed by atoms with van der Waals surface area (Å²) >= 11 is 0. The summed E-state index contributed by atoms with van der Waals surface area (Å²) in [5, 5.41) is 9.16. The fraction of sp³-hybridized carbons (Fsp3) is 0.333. The molecule has 66 valence electrons. The van der Waals surface area contributed by atoms with Crippen molar-refractivity contribution in [3.05, 3.63) is 29.3 Å². The number of halogens is 1. The van der Waals surface area contributed by atoms with Gasteiger partial charge < -0.3 is 10.8 Å². The van der Waals surface area contributed by atoms with Gasteiger partial charge in [-0.15, -0.1) is 12.4 Å². The highest BCUT2D eigenvalue weighted by atomic mass is 35.5. The average Bonchev–Trinajstić information content (AvgIpc) is 2.33. The first-order valence-corrected chi connectivity index (χ1v) is 3.85. The lowest BCUT2D eigenvalue weighted by molar-refractivity contribution is 0.474. The number of hydrogen-bond acceptors (Lipinski definition) is 2. The SMILES string of the molecule is Cl.N[C@@H]1CCc2ccc(O)cc21. The Kier molecular flexibility index (Phi) is 2.60. The molecule has 0 radical (unpaired) electrons. The summed E-state index contributed by atoms with van der Waals surface area (Å²) in [5.74, 6) is 0.320. The van der Waals surface area contributed by atoms with Crippen LogP contribution >= 0.6 is 12.4 Å². The second kappa shape index (κ2) is 3.33. The van der Waals surface area contributed by atoms with Gasteiger partial charge in [-0.1, -0.05) is 6.07 Å². The normalized spacial score (nSPS) is 19.9. The van der Waals surface area contributed by atoms with E-state index in [-0.39, 0.29) is 18.4 Å². The minimum absolute atomic E-state index is 0. The molecule has 0 aromatic heterocycles. The van der Waals surface area contributed by atoms with Crippen LogP contribution in [0.2, 0.25) is 0 Å². The Balaban J connectivity index is 0.000000720. The lowest BCUT2D eigenvalue weighted by atomic mass is 10.1. The van der Waals surface area contributed by atoms with Crippen LogP contribution in [0.4, 0.5) is 0 Å². The summed E-state index contributed by atoms with van der Waals surface area (Å²) in [6.45, 7) is 0. The Labute approximate surface area is 77.8 Å². The number of aryl methyl sites for hydroxylation is 1. The van der Waals surface area contributed by atoms with E-state index in [9.17, 15) is 0 Å². The molecule has 0 aliphatic heterocycles. The zero-order valence-electron chi connectivity index (χ0n) is 6.66. The van der Waals surface area contributed by atoms with Gasteiger partial charge in [-0.05, 0) is 36.1 Å². The average molecular weight is 186 g/mol. The Morgan fingerprint density at radius 2 is 2.17 bits per heavy atom. The highest BCUT2D eigenvalue weighted by Crippen LogP contribution is 2.31. The van der Waals surface area contributed by atoms with Crippen LogP contribution in [0.5, 0.6) is 5.75 Å². The maximum Gasteiger partial charge on any atom is 0.115 e. The van der Waals surface area contributed by atoms with Crippen molar-refractivity contribution in [1.82, 2.24) is 0 Å². The second-order valence-corrected chi connectivity index (χ2v) is 3.03. The minimum Gasteiger partial charge on any atom is -0.508 e. The first kappa shape index (κ1) is 9.36. The van der Waals surface area contributed by atoms with Gasteiger partial charge in [-0.2, -0.15) is 0 Å². The summed E-state index contributed by atoms with van der Waals surface area (Å²) in [4.78, 5) is 0. The van der Waals surface area contributed by atoms with Gasteiger partial charge in [0.05, 0.1) is 0 Å². The molecule has 0 fully saturated rings. The molecule has 0 bridgehead atoms. The Bertz CT molecular complexity index is 288. The fourth-order valence-electron chi connectivity index (χ4n) is 1.62. The number of rotatable bonds is 0. The van der Waals surface area contributed by atoms with E-state index in [1.165, 1.54) is 5.56 Å². The predicted molar refractivity (Wildman–Crippen MR) is 50.6 cm³/mol.